The second-order valence-corrected chi connectivity index (χ2v) is 12.7. The van der Waals surface area contributed by atoms with E-state index in [0.29, 0.717) is 6.54 Å². The fraction of sp³-hybridized carbons (Fsp3) is 0.931. The van der Waals surface area contributed by atoms with E-state index < -0.39 is 77.8 Å². The summed E-state index contributed by atoms with van der Waals surface area (Å²) in [4.78, 5) is 28.0. The number of hydrogen-bond acceptors (Lipinski definition) is 11. The van der Waals surface area contributed by atoms with Gasteiger partial charge in [0.25, 0.3) is 0 Å². The maximum absolute atomic E-state index is 13.5. The molecule has 0 aliphatic carbocycles. The molecule has 2 saturated heterocycles. The van der Waals surface area contributed by atoms with E-state index >= 15 is 0 Å². The van der Waals surface area contributed by atoms with Crippen LogP contribution in [0.4, 0.5) is 0 Å². The van der Waals surface area contributed by atoms with Gasteiger partial charge in [-0.3, -0.25) is 9.59 Å². The molecule has 0 aromatic heterocycles. The Morgan fingerprint density at radius 1 is 1.07 bits per heavy atom. The molecule has 11 nitrogen and oxygen atoms in total. The largest absolute Gasteiger partial charge is 0.459 e. The van der Waals surface area contributed by atoms with Crippen molar-refractivity contribution in [2.45, 2.75) is 135 Å². The van der Waals surface area contributed by atoms with Gasteiger partial charge in [-0.05, 0) is 67.5 Å². The normalized spacial score (nSPS) is 47.3. The van der Waals surface area contributed by atoms with Crippen LogP contribution in [0.25, 0.3) is 0 Å². The number of ether oxygens (including phenoxy) is 3. The van der Waals surface area contributed by atoms with E-state index in [2.05, 4.69) is 5.32 Å². The van der Waals surface area contributed by atoms with Crippen LogP contribution in [0.15, 0.2) is 0 Å². The summed E-state index contributed by atoms with van der Waals surface area (Å²) in [6, 6.07) is -0.691. The lowest BCUT2D eigenvalue weighted by molar-refractivity contribution is -0.241. The lowest BCUT2D eigenvalue weighted by atomic mass is 9.79. The molecule has 11 heteroatoms. The number of rotatable bonds is 4. The van der Waals surface area contributed by atoms with Crippen LogP contribution in [-0.2, 0) is 23.8 Å². The summed E-state index contributed by atoms with van der Waals surface area (Å²) in [6.07, 6.45) is -5.39. The van der Waals surface area contributed by atoms with Gasteiger partial charge < -0.3 is 44.9 Å². The van der Waals surface area contributed by atoms with Gasteiger partial charge in [-0.25, -0.2) is 0 Å². The van der Waals surface area contributed by atoms with E-state index in [1.807, 2.05) is 25.8 Å². The highest BCUT2D eigenvalue weighted by molar-refractivity contribution is 5.88. The maximum atomic E-state index is 13.5. The molecule has 0 saturated carbocycles. The zero-order chi connectivity index (χ0) is 30.7. The van der Waals surface area contributed by atoms with E-state index in [4.69, 9.17) is 14.2 Å². The van der Waals surface area contributed by atoms with Crippen molar-refractivity contribution < 1.29 is 44.2 Å². The molecule has 0 radical (unpaired) electrons. The SMILES string of the molecule is CC[C@H]1OC(=O)[C@H](C)[C@@H](O[C@H]2CC(NC)C(=O)[C@@H](C)O2)[C@H](C)[C@@H](O)[C@](C)(O)C[C@@H](C)N(C)C[C@H](C)[C@@H](O)[C@]1(C)O. The summed E-state index contributed by atoms with van der Waals surface area (Å²) in [5.41, 5.74) is -3.29. The van der Waals surface area contributed by atoms with E-state index in [-0.39, 0.29) is 31.1 Å². The summed E-state index contributed by atoms with van der Waals surface area (Å²) in [6.45, 7) is 13.9. The van der Waals surface area contributed by atoms with E-state index in [1.165, 1.54) is 6.92 Å². The first-order valence-corrected chi connectivity index (χ1v) is 14.6. The Hall–Kier alpha value is -1.18. The second-order valence-electron chi connectivity index (χ2n) is 12.7. The van der Waals surface area contributed by atoms with Crippen LogP contribution in [0, 0.1) is 17.8 Å². The standard InChI is InChI=1S/C29H54N2O9/c1-11-21-29(8,37)25(33)15(2)14-31(10)16(3)13-28(7,36)26(34)17(4)24(18(5)27(35)39-21)40-22-12-20(30-9)23(32)19(6)38-22/h15-22,24-26,30,33-34,36-37H,11-14H2,1-10H3/t15-,16+,17-,18+,19+,20?,21+,22-,24-,25+,26+,28+,29+/m0/s1. The van der Waals surface area contributed by atoms with Crippen molar-refractivity contribution in [3.05, 3.63) is 0 Å². The molecule has 2 aliphatic heterocycles. The molecule has 2 fully saturated rings. The number of likely N-dealkylation sites (N-methyl/N-ethyl adjacent to an activating group) is 1. The number of aliphatic hydroxyl groups is 4. The van der Waals surface area contributed by atoms with Crippen molar-refractivity contribution in [3.8, 4) is 0 Å². The number of cyclic esters (lactones) is 1. The van der Waals surface area contributed by atoms with Gasteiger partial charge in [-0.2, -0.15) is 0 Å². The Bertz CT molecular complexity index is 853. The van der Waals surface area contributed by atoms with Gasteiger partial charge in [-0.15, -0.1) is 0 Å². The number of carbonyl (C=O) groups is 2. The molecule has 2 aliphatic rings. The van der Waals surface area contributed by atoms with Crippen molar-refractivity contribution in [2.24, 2.45) is 17.8 Å². The van der Waals surface area contributed by atoms with Crippen LogP contribution in [0.3, 0.4) is 0 Å². The summed E-state index contributed by atoms with van der Waals surface area (Å²) in [5.74, 6) is -2.88. The lowest BCUT2D eigenvalue weighted by Crippen LogP contribution is -2.56. The van der Waals surface area contributed by atoms with Gasteiger partial charge in [-0.1, -0.05) is 20.8 Å². The Balaban J connectivity index is 2.52. The average molecular weight is 575 g/mol. The predicted octanol–water partition coefficient (Wildman–Crippen LogP) is 0.842. The van der Waals surface area contributed by atoms with Crippen molar-refractivity contribution in [1.82, 2.24) is 10.2 Å². The third-order valence-electron chi connectivity index (χ3n) is 9.16. The van der Waals surface area contributed by atoms with E-state index in [0.717, 1.165) is 0 Å². The van der Waals surface area contributed by atoms with Crippen LogP contribution in [0.2, 0.25) is 0 Å². The first kappa shape index (κ1) is 35.0. The monoisotopic (exact) mass is 574 g/mol. The van der Waals surface area contributed by atoms with Crippen LogP contribution in [0.5, 0.6) is 0 Å². The Morgan fingerprint density at radius 2 is 1.68 bits per heavy atom. The Labute approximate surface area is 239 Å². The number of esters is 1. The second kappa shape index (κ2) is 13.9. The number of nitrogens with one attached hydrogen (secondary N) is 1. The van der Waals surface area contributed by atoms with Gasteiger partial charge in [0.2, 0.25) is 0 Å². The molecule has 1 unspecified atom stereocenters. The number of nitrogens with zero attached hydrogens (tertiary/aromatic N) is 1. The highest BCUT2D eigenvalue weighted by Gasteiger charge is 2.48. The molecule has 0 spiro atoms. The molecular weight excluding hydrogens is 520 g/mol. The average Bonchev–Trinajstić information content (AvgIpc) is 2.89. The topological polar surface area (TPSA) is 158 Å². The predicted molar refractivity (Wildman–Crippen MR) is 149 cm³/mol. The quantitative estimate of drug-likeness (QED) is 0.303. The zero-order valence-corrected chi connectivity index (χ0v) is 26.0. The fourth-order valence-corrected chi connectivity index (χ4v) is 6.28. The fourth-order valence-electron chi connectivity index (χ4n) is 6.28. The minimum Gasteiger partial charge on any atom is -0.459 e. The van der Waals surface area contributed by atoms with E-state index in [9.17, 15) is 30.0 Å². The molecule has 0 aromatic rings. The number of aliphatic hydroxyl groups excluding tert-OH is 2. The molecule has 234 valence electrons. The summed E-state index contributed by atoms with van der Waals surface area (Å²) < 4.78 is 18.0. The smallest absolute Gasteiger partial charge is 0.311 e. The molecule has 0 aromatic carbocycles. The van der Waals surface area contributed by atoms with Gasteiger partial charge in [0.05, 0.1) is 35.9 Å². The third kappa shape index (κ3) is 7.80. The minimum atomic E-state index is -1.73. The number of Topliss-reactive ketones (excluding diaryl/α,β-unsaturated/α-hetero) is 1. The maximum Gasteiger partial charge on any atom is 0.311 e. The number of ketones is 1. The first-order chi connectivity index (χ1) is 18.4. The minimum absolute atomic E-state index is 0.105. The molecule has 0 bridgehead atoms. The Morgan fingerprint density at radius 3 is 2.23 bits per heavy atom. The molecule has 2 rings (SSSR count). The zero-order valence-electron chi connectivity index (χ0n) is 26.0. The van der Waals surface area contributed by atoms with Crippen molar-refractivity contribution in [3.63, 3.8) is 0 Å². The molecule has 13 atom stereocenters. The number of carbonyl (C=O) groups excluding carboxylic acids is 2. The van der Waals surface area contributed by atoms with Crippen LogP contribution < -0.4 is 5.32 Å². The Kier molecular flexibility index (Phi) is 12.1. The van der Waals surface area contributed by atoms with Crippen LogP contribution in [0.1, 0.15) is 74.7 Å². The van der Waals surface area contributed by atoms with Crippen LogP contribution in [-0.4, -0.2) is 118 Å². The van der Waals surface area contributed by atoms with Gasteiger partial charge >= 0.3 is 5.97 Å². The lowest BCUT2D eigenvalue weighted by Gasteiger charge is -2.42. The molecule has 5 N–H and O–H groups in total. The molecule has 40 heavy (non-hydrogen) atoms. The summed E-state index contributed by atoms with van der Waals surface area (Å²) in [7, 11) is 3.54. The first-order valence-electron chi connectivity index (χ1n) is 14.6. The van der Waals surface area contributed by atoms with Gasteiger partial charge in [0, 0.05) is 24.9 Å². The van der Waals surface area contributed by atoms with Crippen molar-refractivity contribution in [1.29, 1.82) is 0 Å². The molecule has 0 amide bonds. The highest BCUT2D eigenvalue weighted by atomic mass is 16.7. The van der Waals surface area contributed by atoms with E-state index in [1.54, 1.807) is 41.7 Å². The summed E-state index contributed by atoms with van der Waals surface area (Å²) in [5, 5.41) is 48.4. The highest BCUT2D eigenvalue weighted by Crippen LogP contribution is 2.34. The molecule has 2 heterocycles. The van der Waals surface area contributed by atoms with Gasteiger partial charge in [0.15, 0.2) is 12.1 Å². The number of hydrogen-bond donors (Lipinski definition) is 5. The molecular formula is C29H54N2O9. The summed E-state index contributed by atoms with van der Waals surface area (Å²) >= 11 is 0. The third-order valence-corrected chi connectivity index (χ3v) is 9.16. The van der Waals surface area contributed by atoms with Crippen molar-refractivity contribution in [2.75, 3.05) is 20.6 Å². The van der Waals surface area contributed by atoms with Gasteiger partial charge in [0.1, 0.15) is 17.8 Å². The van der Waals surface area contributed by atoms with Crippen LogP contribution >= 0.6 is 0 Å². The van der Waals surface area contributed by atoms with Crippen molar-refractivity contribution >= 4 is 11.8 Å².